The van der Waals surface area contributed by atoms with Crippen molar-refractivity contribution in [2.45, 2.75) is 57.9 Å². The predicted octanol–water partition coefficient (Wildman–Crippen LogP) is 2.71. The first-order chi connectivity index (χ1) is 14.7. The van der Waals surface area contributed by atoms with E-state index >= 15 is 0 Å². The third kappa shape index (κ3) is 7.80. The van der Waals surface area contributed by atoms with Crippen molar-refractivity contribution < 1.29 is 19.1 Å². The summed E-state index contributed by atoms with van der Waals surface area (Å²) < 4.78 is 10.8. The zero-order chi connectivity index (χ0) is 22.4. The van der Waals surface area contributed by atoms with E-state index in [1.807, 2.05) is 45.0 Å². The van der Waals surface area contributed by atoms with Crippen molar-refractivity contribution in [2.75, 3.05) is 32.1 Å². The van der Waals surface area contributed by atoms with Crippen molar-refractivity contribution >= 4 is 47.6 Å². The molecule has 2 aliphatic heterocycles. The first-order valence-electron chi connectivity index (χ1n) is 10.7. The van der Waals surface area contributed by atoms with Crippen molar-refractivity contribution in [3.63, 3.8) is 0 Å². The van der Waals surface area contributed by atoms with E-state index < -0.39 is 5.60 Å². The molecule has 1 atom stereocenters. The van der Waals surface area contributed by atoms with Gasteiger partial charge in [-0.25, -0.2) is 4.79 Å². The molecule has 3 rings (SSSR count). The Morgan fingerprint density at radius 3 is 2.66 bits per heavy atom. The van der Waals surface area contributed by atoms with Crippen LogP contribution in [-0.2, 0) is 20.8 Å². The summed E-state index contributed by atoms with van der Waals surface area (Å²) in [6, 6.07) is 7.80. The Labute approximate surface area is 206 Å². The molecule has 0 bridgehead atoms. The molecular formula is C22H34IN5O4. The molecule has 2 heterocycles. The zero-order valence-electron chi connectivity index (χ0n) is 19.1. The summed E-state index contributed by atoms with van der Waals surface area (Å²) in [5, 5.41) is 9.50. The number of hydrogen-bond donors (Lipinski definition) is 3. The lowest BCUT2D eigenvalue weighted by molar-refractivity contribution is -0.124. The highest BCUT2D eigenvalue weighted by Gasteiger charge is 2.34. The maximum Gasteiger partial charge on any atom is 0.410 e. The highest BCUT2D eigenvalue weighted by molar-refractivity contribution is 14.0. The van der Waals surface area contributed by atoms with E-state index in [9.17, 15) is 9.59 Å². The van der Waals surface area contributed by atoms with Gasteiger partial charge in [0.2, 0.25) is 0 Å². The molecule has 1 aromatic rings. The Bertz CT molecular complexity index is 815. The lowest BCUT2D eigenvalue weighted by Gasteiger charge is -2.40. The van der Waals surface area contributed by atoms with Crippen molar-refractivity contribution in [1.82, 2.24) is 15.5 Å². The minimum Gasteiger partial charge on any atom is -0.444 e. The van der Waals surface area contributed by atoms with Crippen LogP contribution in [0.4, 0.5) is 10.5 Å². The topological polar surface area (TPSA) is 104 Å². The van der Waals surface area contributed by atoms with Gasteiger partial charge < -0.3 is 30.3 Å². The summed E-state index contributed by atoms with van der Waals surface area (Å²) in [4.78, 5) is 30.2. The van der Waals surface area contributed by atoms with Crippen LogP contribution in [0.25, 0.3) is 0 Å². The molecule has 2 fully saturated rings. The largest absolute Gasteiger partial charge is 0.444 e. The molecule has 0 radical (unpaired) electrons. The Morgan fingerprint density at radius 1 is 1.28 bits per heavy atom. The number of anilines is 1. The molecule has 2 amide bonds. The van der Waals surface area contributed by atoms with E-state index in [0.29, 0.717) is 32.2 Å². The fraction of sp³-hybridized carbons (Fsp3) is 0.591. The van der Waals surface area contributed by atoms with E-state index in [-0.39, 0.29) is 48.1 Å². The average Bonchev–Trinajstić information content (AvgIpc) is 3.20. The summed E-state index contributed by atoms with van der Waals surface area (Å²) in [6.45, 7) is 7.90. The Balaban J connectivity index is 0.00000363. The van der Waals surface area contributed by atoms with Crippen LogP contribution in [0, 0.1) is 0 Å². The Morgan fingerprint density at radius 2 is 2.03 bits per heavy atom. The van der Waals surface area contributed by atoms with Crippen molar-refractivity contribution in [1.29, 1.82) is 0 Å². The van der Waals surface area contributed by atoms with Gasteiger partial charge in [-0.2, -0.15) is 0 Å². The van der Waals surface area contributed by atoms with Crippen molar-refractivity contribution in [3.05, 3.63) is 29.8 Å². The molecule has 178 valence electrons. The molecule has 9 nitrogen and oxygen atoms in total. The normalized spacial score (nSPS) is 18.9. The molecule has 0 aliphatic carbocycles. The predicted molar refractivity (Wildman–Crippen MR) is 134 cm³/mol. The highest BCUT2D eigenvalue weighted by atomic mass is 127. The monoisotopic (exact) mass is 559 g/mol. The summed E-state index contributed by atoms with van der Waals surface area (Å²) in [5.41, 5.74) is 1.26. The second-order valence-corrected chi connectivity index (χ2v) is 8.84. The molecule has 0 spiro atoms. The lowest BCUT2D eigenvalue weighted by atomic mass is 10.1. The smallest absolute Gasteiger partial charge is 0.410 e. The van der Waals surface area contributed by atoms with Crippen LogP contribution in [0.5, 0.6) is 0 Å². The van der Waals surface area contributed by atoms with Crippen LogP contribution < -0.4 is 16.0 Å². The fourth-order valence-corrected chi connectivity index (χ4v) is 3.39. The van der Waals surface area contributed by atoms with E-state index in [0.717, 1.165) is 24.1 Å². The maximum absolute atomic E-state index is 12.2. The van der Waals surface area contributed by atoms with E-state index in [1.165, 1.54) is 0 Å². The van der Waals surface area contributed by atoms with Gasteiger partial charge in [0.05, 0.1) is 6.04 Å². The molecule has 1 aromatic carbocycles. The average molecular weight is 559 g/mol. The Kier molecular flexibility index (Phi) is 9.56. The second-order valence-electron chi connectivity index (χ2n) is 8.84. The number of guanidine groups is 1. The van der Waals surface area contributed by atoms with Crippen LogP contribution in [0.3, 0.4) is 0 Å². The number of nitrogens with one attached hydrogen (secondary N) is 3. The van der Waals surface area contributed by atoms with E-state index in [2.05, 4.69) is 20.9 Å². The number of aliphatic imine (C=N–C) groups is 1. The summed E-state index contributed by atoms with van der Waals surface area (Å²) in [5.74, 6) is 0.558. The number of carbonyl (C=O) groups excluding carboxylic acids is 2. The molecule has 0 aromatic heterocycles. The van der Waals surface area contributed by atoms with Crippen LogP contribution in [0.1, 0.15) is 39.2 Å². The number of benzene rings is 1. The molecule has 1 unspecified atom stereocenters. The molecule has 10 heteroatoms. The highest BCUT2D eigenvalue weighted by Crippen LogP contribution is 2.17. The number of halogens is 1. The third-order valence-electron chi connectivity index (χ3n) is 4.97. The van der Waals surface area contributed by atoms with Gasteiger partial charge in [0.1, 0.15) is 11.7 Å². The summed E-state index contributed by atoms with van der Waals surface area (Å²) in [7, 11) is 1.71. The van der Waals surface area contributed by atoms with Gasteiger partial charge in [-0.05, 0) is 51.3 Å². The molecule has 32 heavy (non-hydrogen) atoms. The molecule has 2 aliphatic rings. The van der Waals surface area contributed by atoms with Gasteiger partial charge in [-0.1, -0.05) is 12.1 Å². The summed E-state index contributed by atoms with van der Waals surface area (Å²) in [6.07, 6.45) is 1.04. The zero-order valence-corrected chi connectivity index (χ0v) is 21.5. The maximum atomic E-state index is 12.2. The fourth-order valence-electron chi connectivity index (χ4n) is 3.39. The minimum atomic E-state index is -0.495. The standard InChI is InChI=1S/C22H33N5O4.HI/c1-22(2,3)31-21(29)27-13-17(14-27)26-20(23-4)24-12-15-7-5-8-16(11-15)25-19(28)18-9-6-10-30-18;/h5,7-8,11,17-18H,6,9-10,12-14H2,1-4H3,(H,25,28)(H2,23,24,26);1H. The van der Waals surface area contributed by atoms with Gasteiger partial charge in [-0.15, -0.1) is 24.0 Å². The summed E-state index contributed by atoms with van der Waals surface area (Å²) >= 11 is 0. The number of likely N-dealkylation sites (tertiary alicyclic amines) is 1. The van der Waals surface area contributed by atoms with Gasteiger partial charge in [0.15, 0.2) is 5.96 Å². The molecule has 2 saturated heterocycles. The minimum absolute atomic E-state index is 0. The van der Waals surface area contributed by atoms with Crippen LogP contribution in [0.15, 0.2) is 29.3 Å². The number of amides is 2. The first-order valence-corrected chi connectivity index (χ1v) is 10.7. The third-order valence-corrected chi connectivity index (χ3v) is 4.97. The Hall–Kier alpha value is -2.08. The van der Waals surface area contributed by atoms with E-state index in [1.54, 1.807) is 11.9 Å². The molecule has 0 saturated carbocycles. The number of carbonyl (C=O) groups is 2. The van der Waals surface area contributed by atoms with Gasteiger partial charge >= 0.3 is 6.09 Å². The second kappa shape index (κ2) is 11.7. The number of rotatable bonds is 5. The van der Waals surface area contributed by atoms with Gasteiger partial charge in [-0.3, -0.25) is 9.79 Å². The van der Waals surface area contributed by atoms with Crippen molar-refractivity contribution in [3.8, 4) is 0 Å². The van der Waals surface area contributed by atoms with E-state index in [4.69, 9.17) is 9.47 Å². The van der Waals surface area contributed by atoms with Crippen LogP contribution in [-0.4, -0.2) is 67.4 Å². The van der Waals surface area contributed by atoms with Gasteiger partial charge in [0, 0.05) is 39.0 Å². The van der Waals surface area contributed by atoms with Crippen LogP contribution in [0.2, 0.25) is 0 Å². The van der Waals surface area contributed by atoms with Gasteiger partial charge in [0.25, 0.3) is 5.91 Å². The molecule has 3 N–H and O–H groups in total. The lowest BCUT2D eigenvalue weighted by Crippen LogP contribution is -2.63. The number of nitrogens with zero attached hydrogens (tertiary/aromatic N) is 2. The first kappa shape index (κ1) is 26.2. The van der Waals surface area contributed by atoms with Crippen LogP contribution >= 0.6 is 24.0 Å². The number of hydrogen-bond acceptors (Lipinski definition) is 5. The van der Waals surface area contributed by atoms with Crippen molar-refractivity contribution in [2.24, 2.45) is 4.99 Å². The SMILES string of the molecule is CN=C(NCc1cccc(NC(=O)C2CCCO2)c1)NC1CN(C(=O)OC(C)(C)C)C1.I. The number of ether oxygens (including phenoxy) is 2. The molecular weight excluding hydrogens is 525 g/mol. The quantitative estimate of drug-likeness (QED) is 0.291.